The maximum Gasteiger partial charge on any atom is 0.126 e. The predicted molar refractivity (Wildman–Crippen MR) is 77.5 cm³/mol. The maximum absolute atomic E-state index is 13.4. The Balaban J connectivity index is 2.11. The molecule has 0 aliphatic carbocycles. The molecule has 2 aromatic carbocycles. The Labute approximate surface area is 113 Å². The van der Waals surface area contributed by atoms with Crippen LogP contribution in [-0.4, -0.2) is 13.2 Å². The molecule has 0 amide bonds. The van der Waals surface area contributed by atoms with Crippen LogP contribution in [0.4, 0.5) is 4.39 Å². The van der Waals surface area contributed by atoms with Gasteiger partial charge in [-0.1, -0.05) is 54.6 Å². The largest absolute Gasteiger partial charge is 0.375 e. The van der Waals surface area contributed by atoms with Crippen LogP contribution in [0.3, 0.4) is 0 Å². The summed E-state index contributed by atoms with van der Waals surface area (Å²) in [5.41, 5.74) is 3.13. The van der Waals surface area contributed by atoms with Crippen molar-refractivity contribution in [2.24, 2.45) is 0 Å². The van der Waals surface area contributed by atoms with Gasteiger partial charge in [0.2, 0.25) is 0 Å². The highest BCUT2D eigenvalue weighted by Crippen LogP contribution is 2.20. The zero-order valence-electron chi connectivity index (χ0n) is 11.0. The molecule has 0 saturated heterocycles. The number of rotatable bonds is 5. The first-order valence-electron chi connectivity index (χ1n) is 6.39. The molecule has 1 nitrogen and oxygen atoms in total. The van der Waals surface area contributed by atoms with Gasteiger partial charge in [0.25, 0.3) is 0 Å². The van der Waals surface area contributed by atoms with Crippen molar-refractivity contribution in [1.82, 2.24) is 0 Å². The second-order valence-electron chi connectivity index (χ2n) is 4.22. The van der Waals surface area contributed by atoms with E-state index in [0.717, 1.165) is 16.7 Å². The van der Waals surface area contributed by atoms with Crippen LogP contribution in [0.15, 0.2) is 60.4 Å². The third kappa shape index (κ3) is 4.04. The van der Waals surface area contributed by atoms with E-state index in [1.807, 2.05) is 49.4 Å². The molecule has 0 unspecified atom stereocenters. The summed E-state index contributed by atoms with van der Waals surface area (Å²) in [4.78, 5) is 0. The van der Waals surface area contributed by atoms with Crippen molar-refractivity contribution in [2.75, 3.05) is 13.2 Å². The van der Waals surface area contributed by atoms with Crippen LogP contribution in [0, 0.1) is 0 Å². The molecule has 0 spiro atoms. The Hall–Kier alpha value is -1.93. The normalized spacial score (nSPS) is 11.6. The van der Waals surface area contributed by atoms with E-state index in [0.29, 0.717) is 6.61 Å². The fourth-order valence-corrected chi connectivity index (χ4v) is 1.82. The number of benzene rings is 2. The topological polar surface area (TPSA) is 9.23 Å². The summed E-state index contributed by atoms with van der Waals surface area (Å²) in [6, 6.07) is 17.9. The molecule has 2 heteroatoms. The highest BCUT2D eigenvalue weighted by atomic mass is 19.1. The molecule has 0 radical (unpaired) electrons. The smallest absolute Gasteiger partial charge is 0.126 e. The van der Waals surface area contributed by atoms with Crippen LogP contribution in [-0.2, 0) is 4.74 Å². The lowest BCUT2D eigenvalue weighted by molar-refractivity contribution is 0.157. The van der Waals surface area contributed by atoms with Gasteiger partial charge in [0.05, 0.1) is 6.61 Å². The van der Waals surface area contributed by atoms with Crippen LogP contribution >= 0.6 is 0 Å². The second kappa shape index (κ2) is 6.86. The highest BCUT2D eigenvalue weighted by molar-refractivity contribution is 5.65. The van der Waals surface area contributed by atoms with E-state index in [9.17, 15) is 4.39 Å². The molecule has 0 saturated carbocycles. The molecule has 0 atom stereocenters. The monoisotopic (exact) mass is 256 g/mol. The minimum atomic E-state index is -0.255. The van der Waals surface area contributed by atoms with Crippen molar-refractivity contribution in [3.63, 3.8) is 0 Å². The van der Waals surface area contributed by atoms with Gasteiger partial charge in [-0.05, 0) is 29.7 Å². The first kappa shape index (κ1) is 13.5. The first-order chi connectivity index (χ1) is 9.29. The molecular weight excluding hydrogens is 239 g/mol. The van der Waals surface area contributed by atoms with Gasteiger partial charge in [-0.15, -0.1) is 0 Å². The van der Waals surface area contributed by atoms with E-state index in [-0.39, 0.29) is 12.4 Å². The van der Waals surface area contributed by atoms with Gasteiger partial charge in [0, 0.05) is 6.61 Å². The summed E-state index contributed by atoms with van der Waals surface area (Å²) >= 11 is 0. The Morgan fingerprint density at radius 3 is 2.26 bits per heavy atom. The molecule has 0 aliphatic heterocycles. The average Bonchev–Trinajstić information content (AvgIpc) is 2.47. The van der Waals surface area contributed by atoms with Crippen LogP contribution in [0.2, 0.25) is 0 Å². The molecule has 2 rings (SSSR count). The van der Waals surface area contributed by atoms with Gasteiger partial charge < -0.3 is 4.74 Å². The second-order valence-corrected chi connectivity index (χ2v) is 4.22. The molecule has 0 aliphatic rings. The molecule has 0 N–H and O–H groups in total. The third-order valence-electron chi connectivity index (χ3n) is 2.79. The summed E-state index contributed by atoms with van der Waals surface area (Å²) in [5, 5.41) is 0. The number of halogens is 1. The van der Waals surface area contributed by atoms with Crippen LogP contribution < -0.4 is 0 Å². The number of hydrogen-bond donors (Lipinski definition) is 0. The number of hydrogen-bond acceptors (Lipinski definition) is 1. The minimum absolute atomic E-state index is 0.0386. The standard InChI is InChI=1S/C17H17FO/c1-2-19-13-17(18)12-14-8-10-16(11-9-14)15-6-4-3-5-7-15/h3-12H,2,13H2,1H3/b17-12+. The quantitative estimate of drug-likeness (QED) is 0.753. The van der Waals surface area contributed by atoms with Gasteiger partial charge in [-0.25, -0.2) is 4.39 Å². The first-order valence-corrected chi connectivity index (χ1v) is 6.39. The summed E-state index contributed by atoms with van der Waals surface area (Å²) in [6.45, 7) is 2.41. The Bertz CT molecular complexity index is 529. The third-order valence-corrected chi connectivity index (χ3v) is 2.79. The lowest BCUT2D eigenvalue weighted by Crippen LogP contribution is -1.93. The summed E-state index contributed by atoms with van der Waals surface area (Å²) in [7, 11) is 0. The van der Waals surface area contributed by atoms with E-state index >= 15 is 0 Å². The zero-order chi connectivity index (χ0) is 13.5. The van der Waals surface area contributed by atoms with Crippen molar-refractivity contribution in [3.05, 3.63) is 66.0 Å². The molecule has 98 valence electrons. The number of ether oxygens (including phenoxy) is 1. The highest BCUT2D eigenvalue weighted by Gasteiger charge is 1.98. The van der Waals surface area contributed by atoms with Crippen LogP contribution in [0.25, 0.3) is 17.2 Å². The predicted octanol–water partition coefficient (Wildman–Crippen LogP) is 4.70. The zero-order valence-corrected chi connectivity index (χ0v) is 11.0. The molecular formula is C17H17FO. The van der Waals surface area contributed by atoms with Gasteiger partial charge >= 0.3 is 0 Å². The van der Waals surface area contributed by atoms with Crippen molar-refractivity contribution in [1.29, 1.82) is 0 Å². The molecule has 2 aromatic rings. The molecule has 0 aromatic heterocycles. The molecule has 0 bridgehead atoms. The van der Waals surface area contributed by atoms with Gasteiger partial charge in [-0.3, -0.25) is 0 Å². The lowest BCUT2D eigenvalue weighted by atomic mass is 10.0. The minimum Gasteiger partial charge on any atom is -0.375 e. The summed E-state index contributed by atoms with van der Waals surface area (Å²) in [5.74, 6) is -0.255. The van der Waals surface area contributed by atoms with E-state index in [1.54, 1.807) is 0 Å². The SMILES string of the molecule is CCOC/C(F)=C\c1ccc(-c2ccccc2)cc1. The van der Waals surface area contributed by atoms with Crippen molar-refractivity contribution in [3.8, 4) is 11.1 Å². The van der Waals surface area contributed by atoms with E-state index in [1.165, 1.54) is 6.08 Å². The van der Waals surface area contributed by atoms with Crippen molar-refractivity contribution in [2.45, 2.75) is 6.92 Å². The van der Waals surface area contributed by atoms with E-state index in [2.05, 4.69) is 12.1 Å². The molecule has 19 heavy (non-hydrogen) atoms. The van der Waals surface area contributed by atoms with Gasteiger partial charge in [-0.2, -0.15) is 0 Å². The summed E-state index contributed by atoms with van der Waals surface area (Å²) in [6.07, 6.45) is 1.50. The van der Waals surface area contributed by atoms with E-state index < -0.39 is 0 Å². The Morgan fingerprint density at radius 2 is 1.63 bits per heavy atom. The molecule has 0 heterocycles. The average molecular weight is 256 g/mol. The van der Waals surface area contributed by atoms with Gasteiger partial charge in [0.1, 0.15) is 5.83 Å². The van der Waals surface area contributed by atoms with Gasteiger partial charge in [0.15, 0.2) is 0 Å². The van der Waals surface area contributed by atoms with Crippen molar-refractivity contribution >= 4 is 6.08 Å². The van der Waals surface area contributed by atoms with Crippen LogP contribution in [0.1, 0.15) is 12.5 Å². The fourth-order valence-electron chi connectivity index (χ4n) is 1.82. The lowest BCUT2D eigenvalue weighted by Gasteiger charge is -2.02. The Morgan fingerprint density at radius 1 is 1.00 bits per heavy atom. The van der Waals surface area contributed by atoms with Crippen molar-refractivity contribution < 1.29 is 9.13 Å². The Kier molecular flexibility index (Phi) is 4.87. The van der Waals surface area contributed by atoms with Crippen LogP contribution in [0.5, 0.6) is 0 Å². The fraction of sp³-hybridized carbons (Fsp3) is 0.176. The maximum atomic E-state index is 13.4. The molecule has 0 fully saturated rings. The van der Waals surface area contributed by atoms with E-state index in [4.69, 9.17) is 4.74 Å². The summed E-state index contributed by atoms with van der Waals surface area (Å²) < 4.78 is 18.5.